The van der Waals surface area contributed by atoms with Gasteiger partial charge in [-0.25, -0.2) is 0 Å². The van der Waals surface area contributed by atoms with Gasteiger partial charge in [-0.3, -0.25) is 14.5 Å². The Morgan fingerprint density at radius 1 is 1.35 bits per heavy atom. The molecule has 0 aliphatic heterocycles. The topological polar surface area (TPSA) is 69.6 Å². The molecule has 1 aromatic rings. The summed E-state index contributed by atoms with van der Waals surface area (Å²) >= 11 is 5.89. The summed E-state index contributed by atoms with van der Waals surface area (Å²) < 4.78 is 0. The fraction of sp³-hybridized carbons (Fsp3) is 0.429. The Labute approximate surface area is 123 Å². The van der Waals surface area contributed by atoms with Crippen molar-refractivity contribution in [3.63, 3.8) is 0 Å². The standard InChI is InChI=1S/C14H19ClN2O3/c1-9(2)17(8-14(19)20)7-13(18)16-12-6-11(15)5-4-10(12)3/h4-6,9H,7-8H2,1-3H3,(H,16,18)(H,19,20). The molecule has 0 unspecified atom stereocenters. The third-order valence-corrected chi connectivity index (χ3v) is 3.12. The molecule has 0 atom stereocenters. The number of carbonyl (C=O) groups excluding carboxylic acids is 1. The molecule has 0 aliphatic carbocycles. The average Bonchev–Trinajstić information content (AvgIpc) is 2.32. The van der Waals surface area contributed by atoms with E-state index in [2.05, 4.69) is 5.32 Å². The summed E-state index contributed by atoms with van der Waals surface area (Å²) in [6, 6.07) is 5.20. The second-order valence-corrected chi connectivity index (χ2v) is 5.34. The molecule has 0 bridgehead atoms. The Bertz CT molecular complexity index is 503. The minimum Gasteiger partial charge on any atom is -0.480 e. The highest BCUT2D eigenvalue weighted by Gasteiger charge is 2.17. The summed E-state index contributed by atoms with van der Waals surface area (Å²) in [7, 11) is 0. The van der Waals surface area contributed by atoms with Crippen molar-refractivity contribution in [3.8, 4) is 0 Å². The summed E-state index contributed by atoms with van der Waals surface area (Å²) in [6.45, 7) is 5.42. The first-order chi connectivity index (χ1) is 9.29. The van der Waals surface area contributed by atoms with Crippen molar-refractivity contribution in [3.05, 3.63) is 28.8 Å². The van der Waals surface area contributed by atoms with E-state index in [1.54, 1.807) is 17.0 Å². The lowest BCUT2D eigenvalue weighted by Gasteiger charge is -2.23. The number of rotatable bonds is 6. The highest BCUT2D eigenvalue weighted by Crippen LogP contribution is 2.20. The highest BCUT2D eigenvalue weighted by molar-refractivity contribution is 6.31. The number of anilines is 1. The number of nitrogens with one attached hydrogen (secondary N) is 1. The number of carboxylic acid groups (broad SMARTS) is 1. The van der Waals surface area contributed by atoms with E-state index in [-0.39, 0.29) is 25.0 Å². The van der Waals surface area contributed by atoms with Crippen LogP contribution >= 0.6 is 11.6 Å². The van der Waals surface area contributed by atoms with Crippen LogP contribution in [0.15, 0.2) is 18.2 Å². The van der Waals surface area contributed by atoms with Gasteiger partial charge in [-0.2, -0.15) is 0 Å². The van der Waals surface area contributed by atoms with Crippen LogP contribution in [0.3, 0.4) is 0 Å². The van der Waals surface area contributed by atoms with Crippen molar-refractivity contribution in [2.45, 2.75) is 26.8 Å². The maximum atomic E-state index is 12.0. The zero-order valence-corrected chi connectivity index (χ0v) is 12.6. The largest absolute Gasteiger partial charge is 0.480 e. The number of aliphatic carboxylic acids is 1. The first-order valence-electron chi connectivity index (χ1n) is 6.31. The minimum atomic E-state index is -0.953. The van der Waals surface area contributed by atoms with Crippen LogP contribution in [0.25, 0.3) is 0 Å². The number of nitrogens with zero attached hydrogens (tertiary/aromatic N) is 1. The van der Waals surface area contributed by atoms with Gasteiger partial charge in [0.05, 0.1) is 13.1 Å². The molecule has 1 aromatic carbocycles. The van der Waals surface area contributed by atoms with Crippen molar-refractivity contribution in [1.29, 1.82) is 0 Å². The van der Waals surface area contributed by atoms with E-state index in [1.165, 1.54) is 0 Å². The van der Waals surface area contributed by atoms with E-state index in [9.17, 15) is 9.59 Å². The van der Waals surface area contributed by atoms with Crippen molar-refractivity contribution < 1.29 is 14.7 Å². The number of aryl methyl sites for hydroxylation is 1. The lowest BCUT2D eigenvalue weighted by Crippen LogP contribution is -2.41. The van der Waals surface area contributed by atoms with Crippen LogP contribution in [0.4, 0.5) is 5.69 Å². The van der Waals surface area contributed by atoms with Crippen LogP contribution in [0.2, 0.25) is 5.02 Å². The molecule has 2 N–H and O–H groups in total. The molecule has 110 valence electrons. The number of hydrogen-bond donors (Lipinski definition) is 2. The highest BCUT2D eigenvalue weighted by atomic mass is 35.5. The normalized spacial score (nSPS) is 10.9. The Morgan fingerprint density at radius 2 is 2.00 bits per heavy atom. The van der Waals surface area contributed by atoms with Gasteiger partial charge in [-0.1, -0.05) is 17.7 Å². The van der Waals surface area contributed by atoms with Crippen molar-refractivity contribution in [1.82, 2.24) is 4.90 Å². The van der Waals surface area contributed by atoms with Crippen LogP contribution in [-0.4, -0.2) is 41.0 Å². The average molecular weight is 299 g/mol. The number of halogens is 1. The van der Waals surface area contributed by atoms with Gasteiger partial charge < -0.3 is 10.4 Å². The summed E-state index contributed by atoms with van der Waals surface area (Å²) in [5.74, 6) is -1.21. The quantitative estimate of drug-likeness (QED) is 0.846. The SMILES string of the molecule is Cc1ccc(Cl)cc1NC(=O)CN(CC(=O)O)C(C)C. The fourth-order valence-corrected chi connectivity index (χ4v) is 1.87. The van der Waals surface area contributed by atoms with E-state index in [4.69, 9.17) is 16.7 Å². The zero-order valence-electron chi connectivity index (χ0n) is 11.8. The molecule has 0 heterocycles. The fourth-order valence-electron chi connectivity index (χ4n) is 1.70. The molecule has 0 aromatic heterocycles. The summed E-state index contributed by atoms with van der Waals surface area (Å²) in [4.78, 5) is 24.3. The molecule has 6 heteroatoms. The van der Waals surface area contributed by atoms with Gasteiger partial charge in [0, 0.05) is 16.8 Å². The first-order valence-corrected chi connectivity index (χ1v) is 6.69. The van der Waals surface area contributed by atoms with Crippen LogP contribution in [0, 0.1) is 6.92 Å². The lowest BCUT2D eigenvalue weighted by atomic mass is 10.2. The number of benzene rings is 1. The molecule has 1 amide bonds. The minimum absolute atomic E-state index is 0.0237. The monoisotopic (exact) mass is 298 g/mol. The van der Waals surface area contributed by atoms with E-state index in [0.29, 0.717) is 10.7 Å². The van der Waals surface area contributed by atoms with Gasteiger partial charge in [0.15, 0.2) is 0 Å². The molecule has 0 saturated heterocycles. The molecule has 20 heavy (non-hydrogen) atoms. The van der Waals surface area contributed by atoms with E-state index >= 15 is 0 Å². The molecule has 1 rings (SSSR count). The second-order valence-electron chi connectivity index (χ2n) is 4.90. The van der Waals surface area contributed by atoms with E-state index < -0.39 is 5.97 Å². The van der Waals surface area contributed by atoms with Crippen LogP contribution < -0.4 is 5.32 Å². The smallest absolute Gasteiger partial charge is 0.317 e. The number of hydrogen-bond acceptors (Lipinski definition) is 3. The van der Waals surface area contributed by atoms with E-state index in [1.807, 2.05) is 26.8 Å². The van der Waals surface area contributed by atoms with Crippen molar-refractivity contribution >= 4 is 29.2 Å². The maximum Gasteiger partial charge on any atom is 0.317 e. The molecule has 0 fully saturated rings. The summed E-state index contributed by atoms with van der Waals surface area (Å²) in [6.07, 6.45) is 0. The molecule has 0 spiro atoms. The second kappa shape index (κ2) is 7.26. The number of carboxylic acids is 1. The van der Waals surface area contributed by atoms with Crippen LogP contribution in [0.1, 0.15) is 19.4 Å². The third kappa shape index (κ3) is 5.19. The molecule has 0 radical (unpaired) electrons. The van der Waals surface area contributed by atoms with Gasteiger partial charge in [0.1, 0.15) is 0 Å². The lowest BCUT2D eigenvalue weighted by molar-refractivity contribution is -0.139. The molecular weight excluding hydrogens is 280 g/mol. The molecule has 5 nitrogen and oxygen atoms in total. The van der Waals surface area contributed by atoms with E-state index in [0.717, 1.165) is 5.56 Å². The Kier molecular flexibility index (Phi) is 5.98. The summed E-state index contributed by atoms with van der Waals surface area (Å²) in [5, 5.41) is 12.1. The van der Waals surface area contributed by atoms with Gasteiger partial charge in [-0.05, 0) is 38.5 Å². The van der Waals surface area contributed by atoms with Gasteiger partial charge in [0.25, 0.3) is 0 Å². The molecular formula is C14H19ClN2O3. The van der Waals surface area contributed by atoms with Gasteiger partial charge in [0.2, 0.25) is 5.91 Å². The Hall–Kier alpha value is -1.59. The zero-order chi connectivity index (χ0) is 15.3. The molecule has 0 aliphatic rings. The third-order valence-electron chi connectivity index (χ3n) is 2.89. The predicted octanol–water partition coefficient (Wildman–Crippen LogP) is 2.38. The predicted molar refractivity (Wildman–Crippen MR) is 79.2 cm³/mol. The number of amides is 1. The maximum absolute atomic E-state index is 12.0. The Balaban J connectivity index is 2.70. The summed E-state index contributed by atoms with van der Waals surface area (Å²) in [5.41, 5.74) is 1.54. The van der Waals surface area contributed by atoms with Gasteiger partial charge in [-0.15, -0.1) is 0 Å². The van der Waals surface area contributed by atoms with Gasteiger partial charge >= 0.3 is 5.97 Å². The first kappa shape index (κ1) is 16.5. The van der Waals surface area contributed by atoms with Crippen LogP contribution in [0.5, 0.6) is 0 Å². The molecule has 0 saturated carbocycles. The number of carbonyl (C=O) groups is 2. The van der Waals surface area contributed by atoms with Crippen molar-refractivity contribution in [2.75, 3.05) is 18.4 Å². The van der Waals surface area contributed by atoms with Crippen LogP contribution in [-0.2, 0) is 9.59 Å². The Morgan fingerprint density at radius 3 is 2.55 bits per heavy atom. The van der Waals surface area contributed by atoms with Crippen molar-refractivity contribution in [2.24, 2.45) is 0 Å².